The Bertz CT molecular complexity index is 1210. The molecule has 1 aliphatic rings. The number of hydrogen-bond donors (Lipinski definition) is 2. The van der Waals surface area contributed by atoms with Crippen molar-refractivity contribution >= 4 is 40.9 Å². The van der Waals surface area contributed by atoms with Crippen LogP contribution in [0.3, 0.4) is 0 Å². The Morgan fingerprint density at radius 2 is 2.00 bits per heavy atom. The molecule has 1 aliphatic heterocycles. The number of aryl methyl sites for hydroxylation is 1. The van der Waals surface area contributed by atoms with Gasteiger partial charge in [0.1, 0.15) is 6.61 Å². The van der Waals surface area contributed by atoms with Gasteiger partial charge >= 0.3 is 5.97 Å². The maximum Gasteiger partial charge on any atom is 0.337 e. The van der Waals surface area contributed by atoms with Crippen molar-refractivity contribution in [3.8, 4) is 6.07 Å². The van der Waals surface area contributed by atoms with Crippen molar-refractivity contribution in [3.05, 3.63) is 99.2 Å². The number of nitriles is 1. The fraction of sp³-hybridized carbons (Fsp3) is 0.192. The Kier molecular flexibility index (Phi) is 8.58. The summed E-state index contributed by atoms with van der Waals surface area (Å²) in [6, 6.07) is 16.8. The van der Waals surface area contributed by atoms with Gasteiger partial charge in [0.05, 0.1) is 33.9 Å². The van der Waals surface area contributed by atoms with Crippen molar-refractivity contribution in [1.29, 1.82) is 5.26 Å². The molecular formula is C26H24ClN3O3S. The fourth-order valence-electron chi connectivity index (χ4n) is 3.50. The van der Waals surface area contributed by atoms with Crippen LogP contribution in [0.4, 0.5) is 5.69 Å². The molecule has 0 saturated carbocycles. The van der Waals surface area contributed by atoms with E-state index in [9.17, 15) is 14.9 Å². The van der Waals surface area contributed by atoms with Gasteiger partial charge < -0.3 is 15.4 Å². The normalized spacial score (nSPS) is 15.3. The first kappa shape index (κ1) is 25.2. The third-order valence-corrected chi connectivity index (χ3v) is 6.32. The van der Waals surface area contributed by atoms with Crippen LogP contribution in [-0.2, 0) is 14.3 Å². The monoisotopic (exact) mass is 493 g/mol. The lowest BCUT2D eigenvalue weighted by Crippen LogP contribution is -2.29. The highest BCUT2D eigenvalue weighted by Gasteiger charge is 2.35. The molecule has 1 heterocycles. The fourth-order valence-corrected chi connectivity index (χ4v) is 4.58. The number of ether oxygens (including phenoxy) is 1. The summed E-state index contributed by atoms with van der Waals surface area (Å²) in [7, 11) is 0. The number of thioether (sulfide) groups is 1. The summed E-state index contributed by atoms with van der Waals surface area (Å²) in [6.45, 7) is 7.37. The zero-order chi connectivity index (χ0) is 24.7. The van der Waals surface area contributed by atoms with E-state index in [1.807, 2.05) is 31.2 Å². The highest BCUT2D eigenvalue weighted by atomic mass is 35.5. The molecule has 2 aromatic rings. The number of allylic oxidation sites excluding steroid dienone is 2. The van der Waals surface area contributed by atoms with Crippen LogP contribution in [0.2, 0.25) is 5.02 Å². The molecule has 34 heavy (non-hydrogen) atoms. The molecule has 0 radical (unpaired) electrons. The van der Waals surface area contributed by atoms with E-state index in [1.165, 1.54) is 17.8 Å². The number of nitrogens with zero attached hydrogens (tertiary/aromatic N) is 1. The minimum absolute atomic E-state index is 0.0597. The number of benzene rings is 2. The molecule has 8 heteroatoms. The van der Waals surface area contributed by atoms with Crippen molar-refractivity contribution in [3.63, 3.8) is 0 Å². The van der Waals surface area contributed by atoms with Crippen LogP contribution < -0.4 is 10.6 Å². The molecule has 3 rings (SSSR count). The molecule has 0 bridgehead atoms. The maximum atomic E-state index is 12.9. The van der Waals surface area contributed by atoms with Crippen molar-refractivity contribution in [2.45, 2.75) is 19.8 Å². The van der Waals surface area contributed by atoms with Gasteiger partial charge in [0.15, 0.2) is 0 Å². The number of carbonyl (C=O) groups is 2. The average molecular weight is 494 g/mol. The maximum absolute atomic E-state index is 12.9. The lowest BCUT2D eigenvalue weighted by atomic mass is 9.82. The van der Waals surface area contributed by atoms with E-state index in [0.29, 0.717) is 32.6 Å². The number of hydrogen-bond acceptors (Lipinski definition) is 6. The lowest BCUT2D eigenvalue weighted by molar-refractivity contribution is -0.138. The molecule has 174 valence electrons. The van der Waals surface area contributed by atoms with Crippen molar-refractivity contribution < 1.29 is 14.3 Å². The van der Waals surface area contributed by atoms with Gasteiger partial charge in [-0.15, -0.1) is 0 Å². The third kappa shape index (κ3) is 6.10. The number of halogens is 1. The van der Waals surface area contributed by atoms with Gasteiger partial charge in [0.2, 0.25) is 5.91 Å². The smallest absolute Gasteiger partial charge is 0.337 e. The van der Waals surface area contributed by atoms with Crippen LogP contribution in [0.25, 0.3) is 0 Å². The molecule has 1 amide bonds. The Balaban J connectivity index is 1.89. The molecule has 0 spiro atoms. The zero-order valence-corrected chi connectivity index (χ0v) is 20.4. The first-order valence-corrected chi connectivity index (χ1v) is 11.8. The first-order chi connectivity index (χ1) is 16.3. The van der Waals surface area contributed by atoms with Gasteiger partial charge in [-0.2, -0.15) is 5.26 Å². The topological polar surface area (TPSA) is 91.2 Å². The number of dihydropyridines is 1. The highest BCUT2D eigenvalue weighted by molar-refractivity contribution is 8.03. The molecule has 0 saturated heterocycles. The van der Waals surface area contributed by atoms with E-state index in [-0.39, 0.29) is 18.3 Å². The highest BCUT2D eigenvalue weighted by Crippen LogP contribution is 2.41. The molecule has 2 N–H and O–H groups in total. The summed E-state index contributed by atoms with van der Waals surface area (Å²) < 4.78 is 5.31. The molecular weight excluding hydrogens is 470 g/mol. The Hall–Kier alpha value is -3.47. The number of anilines is 1. The van der Waals surface area contributed by atoms with Crippen LogP contribution in [-0.4, -0.2) is 24.2 Å². The van der Waals surface area contributed by atoms with Crippen molar-refractivity contribution in [1.82, 2.24) is 5.32 Å². The van der Waals surface area contributed by atoms with Crippen molar-refractivity contribution in [2.24, 2.45) is 0 Å². The van der Waals surface area contributed by atoms with Gasteiger partial charge in [-0.1, -0.05) is 71.9 Å². The van der Waals surface area contributed by atoms with Gasteiger partial charge in [-0.05, 0) is 37.6 Å². The third-order valence-electron chi connectivity index (χ3n) is 5.07. The molecule has 1 atom stereocenters. The molecule has 2 aromatic carbocycles. The first-order valence-electron chi connectivity index (χ1n) is 10.5. The number of esters is 1. The molecule has 0 unspecified atom stereocenters. The van der Waals surface area contributed by atoms with Crippen LogP contribution in [0.1, 0.15) is 24.0 Å². The predicted octanol–water partition coefficient (Wildman–Crippen LogP) is 5.45. The molecule has 6 nitrogen and oxygen atoms in total. The van der Waals surface area contributed by atoms with Crippen LogP contribution in [0.5, 0.6) is 0 Å². The molecule has 0 fully saturated rings. The van der Waals surface area contributed by atoms with Gasteiger partial charge in [-0.3, -0.25) is 4.79 Å². The van der Waals surface area contributed by atoms with E-state index in [4.69, 9.17) is 16.3 Å². The minimum Gasteiger partial charge on any atom is -0.458 e. The lowest BCUT2D eigenvalue weighted by Gasteiger charge is -2.29. The minimum atomic E-state index is -0.623. The number of carbonyl (C=O) groups excluding carboxylic acids is 2. The van der Waals surface area contributed by atoms with E-state index >= 15 is 0 Å². The van der Waals surface area contributed by atoms with Crippen molar-refractivity contribution in [2.75, 3.05) is 17.7 Å². The van der Waals surface area contributed by atoms with Crippen LogP contribution in [0.15, 0.2) is 83.1 Å². The zero-order valence-electron chi connectivity index (χ0n) is 18.9. The van der Waals surface area contributed by atoms with E-state index < -0.39 is 11.9 Å². The SMILES string of the molecule is C=CCOC(=O)C1=C(C)NC(SCC(=O)Nc2cccc(Cl)c2)=C(C#N)[C@@H]1c1ccc(C)cc1. The summed E-state index contributed by atoms with van der Waals surface area (Å²) >= 11 is 7.17. The quantitative estimate of drug-likeness (QED) is 0.375. The Labute approximate surface area is 208 Å². The standard InChI is InChI=1S/C26H24ClN3O3S/c1-4-12-33-26(32)23-17(3)29-25(21(14-28)24(23)18-10-8-16(2)9-11-18)34-15-22(31)30-20-7-5-6-19(27)13-20/h4-11,13,24,29H,1,12,15H2,2-3H3,(H,30,31)/t24-/m0/s1. The van der Waals surface area contributed by atoms with Crippen LogP contribution in [0, 0.1) is 18.3 Å². The second kappa shape index (κ2) is 11.6. The molecule has 0 aliphatic carbocycles. The largest absolute Gasteiger partial charge is 0.458 e. The van der Waals surface area contributed by atoms with E-state index in [2.05, 4.69) is 23.3 Å². The number of rotatable bonds is 8. The van der Waals surface area contributed by atoms with E-state index in [0.717, 1.165) is 11.1 Å². The molecule has 0 aromatic heterocycles. The number of nitrogens with one attached hydrogen (secondary N) is 2. The number of amides is 1. The van der Waals surface area contributed by atoms with Gasteiger partial charge in [-0.25, -0.2) is 4.79 Å². The summed E-state index contributed by atoms with van der Waals surface area (Å²) in [5, 5.41) is 17.0. The van der Waals surface area contributed by atoms with Crippen LogP contribution >= 0.6 is 23.4 Å². The summed E-state index contributed by atoms with van der Waals surface area (Å²) in [5.74, 6) is -1.33. The Morgan fingerprint density at radius 1 is 1.26 bits per heavy atom. The second-order valence-electron chi connectivity index (χ2n) is 7.60. The average Bonchev–Trinajstić information content (AvgIpc) is 2.81. The second-order valence-corrected chi connectivity index (χ2v) is 9.02. The van der Waals surface area contributed by atoms with Gasteiger partial charge in [0, 0.05) is 16.4 Å². The summed E-state index contributed by atoms with van der Waals surface area (Å²) in [4.78, 5) is 25.4. The van der Waals surface area contributed by atoms with E-state index in [1.54, 1.807) is 31.2 Å². The summed E-state index contributed by atoms with van der Waals surface area (Å²) in [5.41, 5.74) is 3.70. The predicted molar refractivity (Wildman–Crippen MR) is 136 cm³/mol. The Morgan fingerprint density at radius 3 is 2.65 bits per heavy atom. The van der Waals surface area contributed by atoms with Gasteiger partial charge in [0.25, 0.3) is 0 Å². The summed E-state index contributed by atoms with van der Waals surface area (Å²) in [6.07, 6.45) is 1.49.